The smallest absolute Gasteiger partial charge is 0.251 e. The van der Waals surface area contributed by atoms with Gasteiger partial charge in [0.25, 0.3) is 5.91 Å². The molecule has 0 spiro atoms. The Kier molecular flexibility index (Phi) is 3.19. The van der Waals surface area contributed by atoms with Crippen LogP contribution in [0.3, 0.4) is 0 Å². The summed E-state index contributed by atoms with van der Waals surface area (Å²) in [6.07, 6.45) is 2.30. The lowest BCUT2D eigenvalue weighted by molar-refractivity contribution is 0.0950. The van der Waals surface area contributed by atoms with Crippen LogP contribution in [0.25, 0.3) is 10.1 Å². The molecule has 1 N–H and O–H groups in total. The Morgan fingerprint density at radius 3 is 2.89 bits per heavy atom. The zero-order chi connectivity index (χ0) is 13.4. The van der Waals surface area contributed by atoms with Gasteiger partial charge in [0.1, 0.15) is 5.75 Å². The van der Waals surface area contributed by atoms with Gasteiger partial charge >= 0.3 is 0 Å². The molecular formula is C15H17NO2S. The minimum absolute atomic E-state index is 0.00593. The second-order valence-corrected chi connectivity index (χ2v) is 6.17. The van der Waals surface area contributed by atoms with E-state index < -0.39 is 0 Å². The van der Waals surface area contributed by atoms with E-state index in [9.17, 15) is 4.79 Å². The van der Waals surface area contributed by atoms with Crippen molar-refractivity contribution >= 4 is 27.3 Å². The van der Waals surface area contributed by atoms with Crippen LogP contribution < -0.4 is 10.1 Å². The first-order chi connectivity index (χ1) is 9.13. The van der Waals surface area contributed by atoms with Crippen LogP contribution in [0.5, 0.6) is 5.75 Å². The zero-order valence-corrected chi connectivity index (χ0v) is 11.9. The zero-order valence-electron chi connectivity index (χ0n) is 11.1. The summed E-state index contributed by atoms with van der Waals surface area (Å²) in [5, 5.41) is 6.13. The summed E-state index contributed by atoms with van der Waals surface area (Å²) in [4.78, 5) is 12.1. The highest BCUT2D eigenvalue weighted by Crippen LogP contribution is 2.32. The number of hydrogen-bond acceptors (Lipinski definition) is 3. The average molecular weight is 275 g/mol. The van der Waals surface area contributed by atoms with Gasteiger partial charge in [-0.25, -0.2) is 0 Å². The van der Waals surface area contributed by atoms with Crippen molar-refractivity contribution < 1.29 is 9.53 Å². The molecule has 100 valence electrons. The number of ether oxygens (including phenoxy) is 1. The quantitative estimate of drug-likeness (QED) is 0.926. The number of fused-ring (bicyclic) bond motifs is 1. The summed E-state index contributed by atoms with van der Waals surface area (Å²) in [7, 11) is 0. The van der Waals surface area contributed by atoms with Crippen molar-refractivity contribution in [3.05, 3.63) is 29.1 Å². The summed E-state index contributed by atoms with van der Waals surface area (Å²) in [6.45, 7) is 3.99. The van der Waals surface area contributed by atoms with E-state index in [1.165, 1.54) is 0 Å². The first-order valence-electron chi connectivity index (χ1n) is 6.62. The molecule has 0 unspecified atom stereocenters. The van der Waals surface area contributed by atoms with E-state index in [0.717, 1.165) is 28.7 Å². The number of carbonyl (C=O) groups excluding carboxylic acids is 1. The summed E-state index contributed by atoms with van der Waals surface area (Å²) >= 11 is 1.63. The molecule has 1 aromatic heterocycles. The molecule has 4 heteroatoms. The first kappa shape index (κ1) is 12.5. The Bertz CT molecular complexity index is 614. The van der Waals surface area contributed by atoms with Crippen LogP contribution in [0.4, 0.5) is 0 Å². The van der Waals surface area contributed by atoms with Crippen molar-refractivity contribution in [2.45, 2.75) is 38.8 Å². The largest absolute Gasteiger partial charge is 0.490 e. The second-order valence-electron chi connectivity index (χ2n) is 5.22. The Morgan fingerprint density at radius 1 is 1.42 bits per heavy atom. The highest BCUT2D eigenvalue weighted by molar-refractivity contribution is 7.17. The average Bonchev–Trinajstić information content (AvgIpc) is 3.03. The van der Waals surface area contributed by atoms with Crippen molar-refractivity contribution in [1.82, 2.24) is 5.32 Å². The normalized spacial score (nSPS) is 14.9. The van der Waals surface area contributed by atoms with E-state index >= 15 is 0 Å². The maximum Gasteiger partial charge on any atom is 0.251 e. The molecule has 1 saturated carbocycles. The second kappa shape index (κ2) is 4.85. The number of carbonyl (C=O) groups is 1. The van der Waals surface area contributed by atoms with E-state index in [2.05, 4.69) is 5.32 Å². The van der Waals surface area contributed by atoms with E-state index in [-0.39, 0.29) is 12.0 Å². The predicted octanol–water partition coefficient (Wildman–Crippen LogP) is 3.58. The first-order valence-corrected chi connectivity index (χ1v) is 7.50. The van der Waals surface area contributed by atoms with Gasteiger partial charge in [-0.3, -0.25) is 4.79 Å². The van der Waals surface area contributed by atoms with Crippen molar-refractivity contribution in [3.63, 3.8) is 0 Å². The number of amides is 1. The third-order valence-electron chi connectivity index (χ3n) is 3.07. The minimum Gasteiger partial charge on any atom is -0.490 e. The number of thiophene rings is 1. The summed E-state index contributed by atoms with van der Waals surface area (Å²) in [5.41, 5.74) is 0.692. The Labute approximate surface area is 116 Å². The van der Waals surface area contributed by atoms with Gasteiger partial charge in [-0.15, -0.1) is 11.3 Å². The molecule has 1 aliphatic carbocycles. The SMILES string of the molecule is CC(C)Oc1cc(C(=O)NC2CC2)cc2sccc12. The number of rotatable bonds is 4. The summed E-state index contributed by atoms with van der Waals surface area (Å²) < 4.78 is 6.92. The number of nitrogens with one attached hydrogen (secondary N) is 1. The summed E-state index contributed by atoms with van der Waals surface area (Å²) in [6, 6.07) is 6.22. The Morgan fingerprint density at radius 2 is 2.21 bits per heavy atom. The van der Waals surface area contributed by atoms with Crippen LogP contribution in [0, 0.1) is 0 Å². The van der Waals surface area contributed by atoms with Crippen molar-refractivity contribution in [3.8, 4) is 5.75 Å². The Balaban J connectivity index is 1.97. The molecule has 1 heterocycles. The molecule has 0 bridgehead atoms. The molecule has 1 aromatic carbocycles. The van der Waals surface area contributed by atoms with Crippen molar-refractivity contribution in [1.29, 1.82) is 0 Å². The van der Waals surface area contributed by atoms with Gasteiger partial charge in [0.05, 0.1) is 6.10 Å². The topological polar surface area (TPSA) is 38.3 Å². The molecule has 0 aliphatic heterocycles. The summed E-state index contributed by atoms with van der Waals surface area (Å²) in [5.74, 6) is 0.807. The number of benzene rings is 1. The lowest BCUT2D eigenvalue weighted by atomic mass is 10.1. The standard InChI is InChI=1S/C15H17NO2S/c1-9(2)18-13-7-10(15(17)16-11-3-4-11)8-14-12(13)5-6-19-14/h5-9,11H,3-4H2,1-2H3,(H,16,17). The van der Waals surface area contributed by atoms with Gasteiger partial charge in [-0.2, -0.15) is 0 Å². The molecule has 3 nitrogen and oxygen atoms in total. The fraction of sp³-hybridized carbons (Fsp3) is 0.400. The number of hydrogen-bond donors (Lipinski definition) is 1. The van der Waals surface area contributed by atoms with Gasteiger partial charge in [0.2, 0.25) is 0 Å². The Hall–Kier alpha value is -1.55. The predicted molar refractivity (Wildman–Crippen MR) is 78.1 cm³/mol. The van der Waals surface area contributed by atoms with Crippen LogP contribution in [-0.4, -0.2) is 18.1 Å². The maximum atomic E-state index is 12.1. The molecule has 1 fully saturated rings. The van der Waals surface area contributed by atoms with Crippen LogP contribution in [0.1, 0.15) is 37.0 Å². The van der Waals surface area contributed by atoms with Gasteiger partial charge in [0.15, 0.2) is 0 Å². The maximum absolute atomic E-state index is 12.1. The lowest BCUT2D eigenvalue weighted by Gasteiger charge is -2.12. The monoisotopic (exact) mass is 275 g/mol. The third kappa shape index (κ3) is 2.73. The molecule has 1 aliphatic rings. The van der Waals surface area contributed by atoms with Crippen LogP contribution in [0.15, 0.2) is 23.6 Å². The minimum atomic E-state index is 0.00593. The molecule has 0 saturated heterocycles. The van der Waals surface area contributed by atoms with E-state index in [1.54, 1.807) is 11.3 Å². The van der Waals surface area contributed by atoms with Crippen LogP contribution in [0.2, 0.25) is 0 Å². The van der Waals surface area contributed by atoms with Crippen molar-refractivity contribution in [2.75, 3.05) is 0 Å². The van der Waals surface area contributed by atoms with Crippen molar-refractivity contribution in [2.24, 2.45) is 0 Å². The van der Waals surface area contributed by atoms with E-state index in [0.29, 0.717) is 11.6 Å². The molecule has 1 amide bonds. The van der Waals surface area contributed by atoms with Crippen LogP contribution >= 0.6 is 11.3 Å². The van der Waals surface area contributed by atoms with E-state index in [1.807, 2.05) is 37.4 Å². The highest BCUT2D eigenvalue weighted by Gasteiger charge is 2.24. The van der Waals surface area contributed by atoms with E-state index in [4.69, 9.17) is 4.74 Å². The molecule has 0 radical (unpaired) electrons. The van der Waals surface area contributed by atoms with Crippen LogP contribution in [-0.2, 0) is 0 Å². The van der Waals surface area contributed by atoms with Gasteiger partial charge < -0.3 is 10.1 Å². The molecule has 0 atom stereocenters. The fourth-order valence-corrected chi connectivity index (χ4v) is 2.86. The third-order valence-corrected chi connectivity index (χ3v) is 3.94. The van der Waals surface area contributed by atoms with Gasteiger partial charge in [0, 0.05) is 21.7 Å². The fourth-order valence-electron chi connectivity index (χ4n) is 2.02. The highest BCUT2D eigenvalue weighted by atomic mass is 32.1. The molecular weight excluding hydrogens is 258 g/mol. The van der Waals surface area contributed by atoms with Gasteiger partial charge in [-0.05, 0) is 50.3 Å². The molecule has 3 rings (SSSR count). The van der Waals surface area contributed by atoms with Gasteiger partial charge in [-0.1, -0.05) is 0 Å². The molecule has 19 heavy (non-hydrogen) atoms. The molecule has 2 aromatic rings. The lowest BCUT2D eigenvalue weighted by Crippen LogP contribution is -2.25.